The Hall–Kier alpha value is -3.36. The average molecular weight is 386 g/mol. The molecule has 3 aromatic rings. The molecule has 0 unspecified atom stereocenters. The quantitative estimate of drug-likeness (QED) is 0.480. The summed E-state index contributed by atoms with van der Waals surface area (Å²) in [6.07, 6.45) is 2.15. The van der Waals surface area contributed by atoms with E-state index >= 15 is 0 Å². The molecule has 0 amide bonds. The third-order valence-electron chi connectivity index (χ3n) is 3.75. The minimum absolute atomic E-state index is 0.0188. The van der Waals surface area contributed by atoms with Crippen molar-refractivity contribution in [1.82, 2.24) is 25.8 Å². The van der Waals surface area contributed by atoms with Crippen molar-refractivity contribution in [1.29, 1.82) is 0 Å². The van der Waals surface area contributed by atoms with Crippen LogP contribution >= 0.6 is 0 Å². The minimum atomic E-state index is -0.495. The van der Waals surface area contributed by atoms with E-state index in [2.05, 4.69) is 30.8 Å². The van der Waals surface area contributed by atoms with Crippen molar-refractivity contribution >= 4 is 5.96 Å². The number of hydrogen-bond donors (Lipinski definition) is 2. The van der Waals surface area contributed by atoms with Crippen LogP contribution < -0.4 is 10.6 Å². The van der Waals surface area contributed by atoms with Crippen LogP contribution in [0.1, 0.15) is 18.3 Å². The maximum atomic E-state index is 13.7. The topological polar surface area (TPSA) is 88.2 Å². The molecule has 0 bridgehead atoms. The van der Waals surface area contributed by atoms with E-state index in [1.807, 2.05) is 19.1 Å². The Bertz CT molecular complexity index is 929. The fraction of sp³-hybridized carbons (Fsp3) is 0.263. The third-order valence-corrected chi connectivity index (χ3v) is 3.75. The van der Waals surface area contributed by atoms with Crippen LogP contribution in [0.2, 0.25) is 0 Å². The molecule has 0 saturated heterocycles. The second-order valence-corrected chi connectivity index (χ2v) is 5.84. The molecular formula is C19H20F2N6O. The van der Waals surface area contributed by atoms with Gasteiger partial charge in [0, 0.05) is 31.3 Å². The fourth-order valence-corrected chi connectivity index (χ4v) is 2.41. The van der Waals surface area contributed by atoms with E-state index in [0.29, 0.717) is 42.9 Å². The van der Waals surface area contributed by atoms with Gasteiger partial charge in [-0.3, -0.25) is 4.98 Å². The van der Waals surface area contributed by atoms with Crippen LogP contribution in [0.25, 0.3) is 11.6 Å². The molecule has 7 nitrogen and oxygen atoms in total. The van der Waals surface area contributed by atoms with Gasteiger partial charge in [-0.1, -0.05) is 11.2 Å². The smallest absolute Gasteiger partial charge is 0.276 e. The van der Waals surface area contributed by atoms with Crippen LogP contribution in [0.4, 0.5) is 8.78 Å². The molecule has 0 radical (unpaired) electrons. The van der Waals surface area contributed by atoms with Crippen LogP contribution in [0.3, 0.4) is 0 Å². The highest BCUT2D eigenvalue weighted by molar-refractivity contribution is 5.79. The van der Waals surface area contributed by atoms with Crippen LogP contribution in [0.5, 0.6) is 0 Å². The molecule has 3 rings (SSSR count). The molecule has 1 aromatic carbocycles. The van der Waals surface area contributed by atoms with Gasteiger partial charge in [-0.2, -0.15) is 4.98 Å². The molecule has 0 atom stereocenters. The van der Waals surface area contributed by atoms with E-state index in [9.17, 15) is 8.78 Å². The molecule has 2 N–H and O–H groups in total. The summed E-state index contributed by atoms with van der Waals surface area (Å²) in [6, 6.07) is 8.75. The highest BCUT2D eigenvalue weighted by atomic mass is 19.1. The zero-order valence-electron chi connectivity index (χ0n) is 15.3. The van der Waals surface area contributed by atoms with Gasteiger partial charge in [-0.15, -0.1) is 0 Å². The summed E-state index contributed by atoms with van der Waals surface area (Å²) in [5, 5.41) is 10.1. The molecule has 0 spiro atoms. The van der Waals surface area contributed by atoms with E-state index in [1.54, 1.807) is 12.3 Å². The number of benzene rings is 1. The number of rotatable bonds is 7. The number of nitrogens with zero attached hydrogens (tertiary/aromatic N) is 4. The maximum absolute atomic E-state index is 13.7. The van der Waals surface area contributed by atoms with Gasteiger partial charge in [0.2, 0.25) is 0 Å². The second kappa shape index (κ2) is 9.54. The van der Waals surface area contributed by atoms with Crippen molar-refractivity contribution in [3.05, 3.63) is 65.6 Å². The third kappa shape index (κ3) is 5.32. The molecule has 0 fully saturated rings. The van der Waals surface area contributed by atoms with Crippen LogP contribution in [0, 0.1) is 11.6 Å². The van der Waals surface area contributed by atoms with Crippen molar-refractivity contribution in [3.8, 4) is 11.6 Å². The number of aliphatic imine (C=N–C) groups is 1. The molecule has 0 saturated carbocycles. The lowest BCUT2D eigenvalue weighted by Gasteiger charge is -2.10. The van der Waals surface area contributed by atoms with Gasteiger partial charge >= 0.3 is 0 Å². The van der Waals surface area contributed by atoms with Gasteiger partial charge < -0.3 is 15.2 Å². The Morgan fingerprint density at radius 1 is 1.18 bits per heavy atom. The summed E-state index contributed by atoms with van der Waals surface area (Å²) >= 11 is 0. The first-order valence-electron chi connectivity index (χ1n) is 8.86. The number of halogens is 2. The van der Waals surface area contributed by atoms with Crippen LogP contribution in [-0.4, -0.2) is 34.2 Å². The van der Waals surface area contributed by atoms with Crippen LogP contribution in [-0.2, 0) is 13.0 Å². The van der Waals surface area contributed by atoms with E-state index in [0.717, 1.165) is 18.2 Å². The van der Waals surface area contributed by atoms with Crippen molar-refractivity contribution in [3.63, 3.8) is 0 Å². The first-order valence-corrected chi connectivity index (χ1v) is 8.86. The zero-order valence-corrected chi connectivity index (χ0v) is 15.3. The molecular weight excluding hydrogens is 366 g/mol. The lowest BCUT2D eigenvalue weighted by Crippen LogP contribution is -2.38. The highest BCUT2D eigenvalue weighted by Crippen LogP contribution is 2.13. The van der Waals surface area contributed by atoms with E-state index < -0.39 is 11.6 Å². The van der Waals surface area contributed by atoms with Crippen molar-refractivity contribution in [2.75, 3.05) is 13.1 Å². The Kier molecular flexibility index (Phi) is 6.61. The van der Waals surface area contributed by atoms with Gasteiger partial charge in [0.1, 0.15) is 17.3 Å². The number of guanidine groups is 1. The molecule has 0 aliphatic carbocycles. The first kappa shape index (κ1) is 19.4. The number of aromatic nitrogens is 3. The normalized spacial score (nSPS) is 11.5. The van der Waals surface area contributed by atoms with E-state index in [1.165, 1.54) is 0 Å². The molecule has 2 heterocycles. The molecule has 9 heteroatoms. The lowest BCUT2D eigenvalue weighted by atomic mass is 10.2. The molecule has 0 aliphatic heterocycles. The Morgan fingerprint density at radius 2 is 2.07 bits per heavy atom. The summed E-state index contributed by atoms with van der Waals surface area (Å²) in [4.78, 5) is 12.8. The predicted octanol–water partition coefficient (Wildman–Crippen LogP) is 2.71. The number of pyridine rings is 1. The second-order valence-electron chi connectivity index (χ2n) is 5.84. The summed E-state index contributed by atoms with van der Waals surface area (Å²) in [6.45, 7) is 3.05. The lowest BCUT2D eigenvalue weighted by molar-refractivity contribution is 0.421. The SMILES string of the molecule is CCNC(=NCc1cc(F)ccc1F)NCCc1noc(-c2ccccn2)n1. The van der Waals surface area contributed by atoms with Crippen molar-refractivity contribution < 1.29 is 13.3 Å². The maximum Gasteiger partial charge on any atom is 0.276 e. The van der Waals surface area contributed by atoms with Crippen molar-refractivity contribution in [2.45, 2.75) is 19.9 Å². The average Bonchev–Trinajstić information content (AvgIpc) is 3.18. The predicted molar refractivity (Wildman–Crippen MR) is 100 cm³/mol. The molecule has 28 heavy (non-hydrogen) atoms. The van der Waals surface area contributed by atoms with Gasteiger partial charge in [0.05, 0.1) is 6.54 Å². The van der Waals surface area contributed by atoms with Gasteiger partial charge in [0.15, 0.2) is 11.8 Å². The summed E-state index contributed by atoms with van der Waals surface area (Å²) < 4.78 is 32.2. The first-order chi connectivity index (χ1) is 13.7. The Morgan fingerprint density at radius 3 is 2.86 bits per heavy atom. The molecule has 0 aliphatic rings. The Labute approximate surface area is 160 Å². The van der Waals surface area contributed by atoms with Gasteiger partial charge in [-0.25, -0.2) is 13.8 Å². The number of nitrogens with one attached hydrogen (secondary N) is 2. The monoisotopic (exact) mass is 386 g/mol. The van der Waals surface area contributed by atoms with Crippen LogP contribution in [0.15, 0.2) is 52.1 Å². The summed E-state index contributed by atoms with van der Waals surface area (Å²) in [5.74, 6) is 0.387. The van der Waals surface area contributed by atoms with Gasteiger partial charge in [0.25, 0.3) is 5.89 Å². The Balaban J connectivity index is 1.56. The summed E-state index contributed by atoms with van der Waals surface area (Å²) in [5.41, 5.74) is 0.802. The minimum Gasteiger partial charge on any atom is -0.357 e. The summed E-state index contributed by atoms with van der Waals surface area (Å²) in [7, 11) is 0. The standard InChI is InChI=1S/C19H20F2N6O/c1-2-22-19(25-12-13-11-14(20)6-7-15(13)21)24-10-8-17-26-18(28-27-17)16-5-3-4-9-23-16/h3-7,9,11H,2,8,10,12H2,1H3,(H2,22,24,25). The zero-order chi connectivity index (χ0) is 19.8. The number of hydrogen-bond acceptors (Lipinski definition) is 5. The molecule has 146 valence electrons. The van der Waals surface area contributed by atoms with Gasteiger partial charge in [-0.05, 0) is 37.3 Å². The van der Waals surface area contributed by atoms with E-state index in [4.69, 9.17) is 4.52 Å². The van der Waals surface area contributed by atoms with E-state index in [-0.39, 0.29) is 12.1 Å². The molecule has 2 aromatic heterocycles. The fourth-order valence-electron chi connectivity index (χ4n) is 2.41. The highest BCUT2D eigenvalue weighted by Gasteiger charge is 2.10. The van der Waals surface area contributed by atoms with Crippen molar-refractivity contribution in [2.24, 2.45) is 4.99 Å². The largest absolute Gasteiger partial charge is 0.357 e.